The molecular formula is C17H17ClN6OS. The van der Waals surface area contributed by atoms with Crippen molar-refractivity contribution in [3.05, 3.63) is 35.4 Å². The SMILES string of the molecule is COCCn1ccc(-c2sc3nc(-c4nccn4C)nc(Cl)c3c2C)n1. The molecule has 4 heterocycles. The molecule has 0 saturated carbocycles. The van der Waals surface area contributed by atoms with Gasteiger partial charge in [0.15, 0.2) is 11.6 Å². The van der Waals surface area contributed by atoms with Crippen LogP contribution in [0.1, 0.15) is 5.56 Å². The van der Waals surface area contributed by atoms with E-state index in [1.54, 1.807) is 24.6 Å². The Morgan fingerprint density at radius 1 is 1.27 bits per heavy atom. The van der Waals surface area contributed by atoms with Crippen LogP contribution < -0.4 is 0 Å². The second-order valence-corrected chi connectivity index (χ2v) is 7.25. The summed E-state index contributed by atoms with van der Waals surface area (Å²) >= 11 is 8.05. The number of halogens is 1. The molecule has 0 amide bonds. The average molecular weight is 389 g/mol. The van der Waals surface area contributed by atoms with Gasteiger partial charge in [0.2, 0.25) is 0 Å². The van der Waals surface area contributed by atoms with Crippen molar-refractivity contribution in [2.24, 2.45) is 7.05 Å². The van der Waals surface area contributed by atoms with Crippen LogP contribution in [-0.4, -0.2) is 43.0 Å². The maximum Gasteiger partial charge on any atom is 0.198 e. The molecule has 0 N–H and O–H groups in total. The fourth-order valence-corrected chi connectivity index (χ4v) is 4.32. The summed E-state index contributed by atoms with van der Waals surface area (Å²) in [6, 6.07) is 1.99. The Kier molecular flexibility index (Phi) is 4.47. The normalized spacial score (nSPS) is 11.5. The lowest BCUT2D eigenvalue weighted by molar-refractivity contribution is 0.183. The van der Waals surface area contributed by atoms with Crippen LogP contribution in [0.3, 0.4) is 0 Å². The third-order valence-corrected chi connectivity index (χ3v) is 5.65. The number of hydrogen-bond donors (Lipinski definition) is 0. The maximum atomic E-state index is 6.49. The zero-order valence-corrected chi connectivity index (χ0v) is 16.2. The summed E-state index contributed by atoms with van der Waals surface area (Å²) in [6.07, 6.45) is 5.52. The van der Waals surface area contributed by atoms with E-state index in [0.29, 0.717) is 30.0 Å². The molecule has 0 aromatic carbocycles. The predicted molar refractivity (Wildman–Crippen MR) is 102 cm³/mol. The Hall–Kier alpha value is -2.29. The molecule has 0 unspecified atom stereocenters. The van der Waals surface area contributed by atoms with Gasteiger partial charge in [0.25, 0.3) is 0 Å². The number of rotatable bonds is 5. The molecular weight excluding hydrogens is 372 g/mol. The molecule has 0 saturated heterocycles. The van der Waals surface area contributed by atoms with E-state index in [2.05, 4.69) is 20.1 Å². The number of methoxy groups -OCH3 is 1. The minimum Gasteiger partial charge on any atom is -0.383 e. The topological polar surface area (TPSA) is 70.7 Å². The third-order valence-electron chi connectivity index (χ3n) is 4.16. The molecule has 0 aliphatic rings. The van der Waals surface area contributed by atoms with Gasteiger partial charge in [-0.05, 0) is 18.6 Å². The number of nitrogens with zero attached hydrogens (tertiary/aromatic N) is 6. The van der Waals surface area contributed by atoms with Crippen LogP contribution in [0.25, 0.3) is 32.4 Å². The Morgan fingerprint density at radius 3 is 2.85 bits per heavy atom. The predicted octanol–water partition coefficient (Wildman–Crippen LogP) is 3.56. The highest BCUT2D eigenvalue weighted by Gasteiger charge is 2.19. The van der Waals surface area contributed by atoms with E-state index in [0.717, 1.165) is 26.4 Å². The molecule has 0 bridgehead atoms. The highest BCUT2D eigenvalue weighted by molar-refractivity contribution is 7.22. The van der Waals surface area contributed by atoms with Crippen LogP contribution in [0.15, 0.2) is 24.7 Å². The molecule has 134 valence electrons. The van der Waals surface area contributed by atoms with Crippen molar-refractivity contribution < 1.29 is 4.74 Å². The second-order valence-electron chi connectivity index (χ2n) is 5.89. The van der Waals surface area contributed by atoms with E-state index in [1.807, 2.05) is 41.7 Å². The van der Waals surface area contributed by atoms with Crippen molar-refractivity contribution in [3.63, 3.8) is 0 Å². The Labute approximate surface area is 159 Å². The van der Waals surface area contributed by atoms with Crippen LogP contribution >= 0.6 is 22.9 Å². The summed E-state index contributed by atoms with van der Waals surface area (Å²) in [5, 5.41) is 5.94. The first kappa shape index (κ1) is 17.1. The standard InChI is InChI=1S/C17H17ClN6OS/c1-10-12-14(18)20-15(16-19-5-7-23(16)2)21-17(12)26-13(10)11-4-6-24(22-11)8-9-25-3/h4-7H,8-9H2,1-3H3. The van der Waals surface area contributed by atoms with Gasteiger partial charge in [0.1, 0.15) is 15.7 Å². The molecule has 0 radical (unpaired) electrons. The Bertz CT molecular complexity index is 1080. The lowest BCUT2D eigenvalue weighted by atomic mass is 10.2. The monoisotopic (exact) mass is 388 g/mol. The molecule has 0 fully saturated rings. The molecule has 0 spiro atoms. The Morgan fingerprint density at radius 2 is 2.12 bits per heavy atom. The summed E-state index contributed by atoms with van der Waals surface area (Å²) in [7, 11) is 3.59. The number of thiophene rings is 1. The van der Waals surface area contributed by atoms with Gasteiger partial charge in [-0.25, -0.2) is 15.0 Å². The zero-order chi connectivity index (χ0) is 18.3. The van der Waals surface area contributed by atoms with Crippen LogP contribution in [0.2, 0.25) is 5.15 Å². The van der Waals surface area contributed by atoms with Gasteiger partial charge in [0, 0.05) is 32.7 Å². The molecule has 4 aromatic rings. The molecule has 7 nitrogen and oxygen atoms in total. The van der Waals surface area contributed by atoms with Crippen LogP contribution in [-0.2, 0) is 18.3 Å². The molecule has 4 rings (SSSR count). The van der Waals surface area contributed by atoms with E-state index in [1.165, 1.54) is 0 Å². The maximum absolute atomic E-state index is 6.49. The van der Waals surface area contributed by atoms with E-state index >= 15 is 0 Å². The van der Waals surface area contributed by atoms with Crippen molar-refractivity contribution >= 4 is 33.2 Å². The lowest BCUT2D eigenvalue weighted by Gasteiger charge is -2.02. The molecule has 4 aromatic heterocycles. The van der Waals surface area contributed by atoms with Crippen LogP contribution in [0, 0.1) is 6.92 Å². The van der Waals surface area contributed by atoms with E-state index in [9.17, 15) is 0 Å². The quantitative estimate of drug-likeness (QED) is 0.489. The number of hydrogen-bond acceptors (Lipinski definition) is 6. The van der Waals surface area contributed by atoms with Gasteiger partial charge in [-0.3, -0.25) is 4.68 Å². The highest BCUT2D eigenvalue weighted by atomic mass is 35.5. The van der Waals surface area contributed by atoms with Gasteiger partial charge in [0.05, 0.1) is 23.4 Å². The van der Waals surface area contributed by atoms with Gasteiger partial charge >= 0.3 is 0 Å². The summed E-state index contributed by atoms with van der Waals surface area (Å²) < 4.78 is 8.85. The number of ether oxygens (including phenoxy) is 1. The minimum atomic E-state index is 0.437. The van der Waals surface area contributed by atoms with E-state index in [-0.39, 0.29) is 0 Å². The first-order chi connectivity index (χ1) is 12.6. The summed E-state index contributed by atoms with van der Waals surface area (Å²) in [4.78, 5) is 15.3. The first-order valence-electron chi connectivity index (χ1n) is 8.05. The number of aryl methyl sites for hydroxylation is 2. The number of aromatic nitrogens is 6. The number of imidazole rings is 1. The lowest BCUT2D eigenvalue weighted by Crippen LogP contribution is -2.04. The summed E-state index contributed by atoms with van der Waals surface area (Å²) in [5.41, 5.74) is 1.94. The van der Waals surface area contributed by atoms with Gasteiger partial charge in [-0.1, -0.05) is 11.6 Å². The largest absolute Gasteiger partial charge is 0.383 e. The van der Waals surface area contributed by atoms with Crippen molar-refractivity contribution in [2.45, 2.75) is 13.5 Å². The van der Waals surface area contributed by atoms with Gasteiger partial charge in [-0.2, -0.15) is 5.10 Å². The molecule has 26 heavy (non-hydrogen) atoms. The van der Waals surface area contributed by atoms with Gasteiger partial charge in [-0.15, -0.1) is 11.3 Å². The second kappa shape index (κ2) is 6.79. The molecule has 0 atom stereocenters. The average Bonchev–Trinajstić information content (AvgIpc) is 3.32. The molecule has 0 aliphatic carbocycles. The molecule has 9 heteroatoms. The van der Waals surface area contributed by atoms with E-state index < -0.39 is 0 Å². The fraction of sp³-hybridized carbons (Fsp3) is 0.294. The smallest absolute Gasteiger partial charge is 0.198 e. The van der Waals surface area contributed by atoms with Crippen LogP contribution in [0.5, 0.6) is 0 Å². The van der Waals surface area contributed by atoms with Crippen molar-refractivity contribution in [3.8, 4) is 22.2 Å². The summed E-state index contributed by atoms with van der Waals surface area (Å²) in [6.45, 7) is 3.36. The summed E-state index contributed by atoms with van der Waals surface area (Å²) in [5.74, 6) is 1.21. The van der Waals surface area contributed by atoms with Crippen molar-refractivity contribution in [1.82, 2.24) is 29.3 Å². The van der Waals surface area contributed by atoms with Crippen molar-refractivity contribution in [1.29, 1.82) is 0 Å². The van der Waals surface area contributed by atoms with E-state index in [4.69, 9.17) is 16.3 Å². The van der Waals surface area contributed by atoms with Crippen LogP contribution in [0.4, 0.5) is 0 Å². The van der Waals surface area contributed by atoms with Crippen molar-refractivity contribution in [2.75, 3.05) is 13.7 Å². The third kappa shape index (κ3) is 2.90. The number of fused-ring (bicyclic) bond motifs is 1. The first-order valence-corrected chi connectivity index (χ1v) is 9.25. The van der Waals surface area contributed by atoms with Gasteiger partial charge < -0.3 is 9.30 Å². The zero-order valence-electron chi connectivity index (χ0n) is 14.6. The molecule has 0 aliphatic heterocycles. The Balaban J connectivity index is 1.80. The minimum absolute atomic E-state index is 0.437. The fourth-order valence-electron chi connectivity index (χ4n) is 2.81. The highest BCUT2D eigenvalue weighted by Crippen LogP contribution is 2.39.